The van der Waals surface area contributed by atoms with E-state index in [4.69, 9.17) is 63.1 Å². The summed E-state index contributed by atoms with van der Waals surface area (Å²) in [5, 5.41) is 13.2. The van der Waals surface area contributed by atoms with Gasteiger partial charge in [-0.2, -0.15) is 12.6 Å². The maximum atomic E-state index is 14.1. The molecule has 0 aliphatic rings. The van der Waals surface area contributed by atoms with Crippen LogP contribution >= 0.6 is 12.6 Å². The minimum atomic E-state index is -1.33. The summed E-state index contributed by atoms with van der Waals surface area (Å²) in [5.41, 5.74) is 59.8. The average molecular weight is 900 g/mol. The third-order valence-electron chi connectivity index (χ3n) is 8.69. The Morgan fingerprint density at radius 3 is 0.839 bits per heavy atom. The Balaban J connectivity index is 6.67. The maximum Gasteiger partial charge on any atom is 0.243 e. The van der Waals surface area contributed by atoms with Gasteiger partial charge in [-0.3, -0.25) is 53.7 Å². The van der Waals surface area contributed by atoms with Gasteiger partial charge < -0.3 is 89.7 Å². The van der Waals surface area contributed by atoms with Crippen LogP contribution in [0.4, 0.5) is 0 Å². The van der Waals surface area contributed by atoms with E-state index in [1.165, 1.54) is 0 Å². The highest BCUT2D eigenvalue weighted by Crippen LogP contribution is 2.11. The number of primary amides is 1. The number of carbonyl (C=O) groups excluding carboxylic acids is 6. The Morgan fingerprint density at radius 1 is 0.387 bits per heavy atom. The summed E-state index contributed by atoms with van der Waals surface area (Å²) in [6, 6.07) is -6.20. The van der Waals surface area contributed by atoms with Gasteiger partial charge in [-0.05, 0) is 64.2 Å². The molecule has 0 heterocycles. The fourth-order valence-corrected chi connectivity index (χ4v) is 5.71. The van der Waals surface area contributed by atoms with Gasteiger partial charge in [-0.15, -0.1) is 0 Å². The zero-order chi connectivity index (χ0) is 47.2. The molecule has 6 amide bonds. The number of amides is 6. The summed E-state index contributed by atoms with van der Waals surface area (Å²) < 4.78 is 0. The molecule has 27 N–H and O–H groups in total. The van der Waals surface area contributed by atoms with E-state index >= 15 is 0 Å². The quantitative estimate of drug-likeness (QED) is 0.0129. The first-order chi connectivity index (χ1) is 29.2. The molecule has 0 fully saturated rings. The van der Waals surface area contributed by atoms with Crippen LogP contribution in [0.2, 0.25) is 0 Å². The summed E-state index contributed by atoms with van der Waals surface area (Å²) in [5.74, 6) is -5.93. The zero-order valence-corrected chi connectivity index (χ0v) is 36.2. The third kappa shape index (κ3) is 26.6. The van der Waals surface area contributed by atoms with Gasteiger partial charge in [0.1, 0.15) is 30.2 Å². The molecule has 0 aromatic rings. The number of hydrogen-bond donors (Lipinski definition) is 17. The molecule has 6 atom stereocenters. The topological polar surface area (TPSA) is 511 Å². The summed E-state index contributed by atoms with van der Waals surface area (Å²) in [4.78, 5) is 100. The molecule has 0 spiro atoms. The van der Waals surface area contributed by atoms with E-state index in [1.807, 2.05) is 0 Å². The largest absolute Gasteiger partial charge is 0.370 e. The Hall–Kier alpha value is -6.48. The molecule has 62 heavy (non-hydrogen) atoms. The van der Waals surface area contributed by atoms with E-state index in [2.05, 4.69) is 64.2 Å². The van der Waals surface area contributed by atoms with E-state index in [-0.39, 0.29) is 113 Å². The van der Waals surface area contributed by atoms with Crippen LogP contribution in [0.15, 0.2) is 25.0 Å². The molecule has 0 aromatic carbocycles. The molecular formula is C34H69N21O6S. The van der Waals surface area contributed by atoms with Gasteiger partial charge >= 0.3 is 0 Å². The zero-order valence-electron chi connectivity index (χ0n) is 35.3. The molecule has 0 radical (unpaired) electrons. The van der Waals surface area contributed by atoms with Gasteiger partial charge in [0.05, 0.1) is 0 Å². The van der Waals surface area contributed by atoms with Crippen LogP contribution < -0.4 is 89.7 Å². The lowest BCUT2D eigenvalue weighted by molar-refractivity contribution is -0.135. The number of nitrogens with two attached hydrogens (primary N) is 11. The normalized spacial score (nSPS) is 13.5. The van der Waals surface area contributed by atoms with Gasteiger partial charge in [-0.25, -0.2) is 0 Å². The van der Waals surface area contributed by atoms with E-state index < -0.39 is 71.6 Å². The molecule has 0 bridgehead atoms. The lowest BCUT2D eigenvalue weighted by atomic mass is 10.0. The molecule has 28 heteroatoms. The Morgan fingerprint density at radius 2 is 0.613 bits per heavy atom. The van der Waals surface area contributed by atoms with Crippen LogP contribution in [-0.2, 0) is 28.8 Å². The van der Waals surface area contributed by atoms with E-state index in [1.54, 1.807) is 6.92 Å². The highest BCUT2D eigenvalue weighted by atomic mass is 32.1. The summed E-state index contributed by atoms with van der Waals surface area (Å²) >= 11 is 4.06. The van der Waals surface area contributed by atoms with E-state index in [0.29, 0.717) is 19.4 Å². The minimum Gasteiger partial charge on any atom is -0.370 e. The van der Waals surface area contributed by atoms with Crippen molar-refractivity contribution in [2.24, 2.45) is 94.0 Å². The van der Waals surface area contributed by atoms with Gasteiger partial charge in [0.15, 0.2) is 29.8 Å². The van der Waals surface area contributed by atoms with Gasteiger partial charge in [0, 0.05) is 44.4 Å². The van der Waals surface area contributed by atoms with Crippen molar-refractivity contribution < 1.29 is 28.8 Å². The number of nitrogens with zero attached hydrogens (tertiary/aromatic N) is 5. The molecule has 0 unspecified atom stereocenters. The maximum absolute atomic E-state index is 14.1. The van der Waals surface area contributed by atoms with Crippen LogP contribution in [-0.4, -0.2) is 134 Å². The van der Waals surface area contributed by atoms with Crippen molar-refractivity contribution in [1.29, 1.82) is 0 Å². The number of rotatable bonds is 32. The smallest absolute Gasteiger partial charge is 0.243 e. The highest BCUT2D eigenvalue weighted by Gasteiger charge is 2.32. The lowest BCUT2D eigenvalue weighted by Crippen LogP contribution is -2.59. The van der Waals surface area contributed by atoms with Gasteiger partial charge in [0.25, 0.3) is 0 Å². The van der Waals surface area contributed by atoms with Crippen LogP contribution in [0.1, 0.15) is 71.1 Å². The third-order valence-corrected chi connectivity index (χ3v) is 9.06. The highest BCUT2D eigenvalue weighted by molar-refractivity contribution is 7.80. The Bertz CT molecular complexity index is 1590. The van der Waals surface area contributed by atoms with Crippen LogP contribution in [0, 0.1) is 5.92 Å². The Kier molecular flexibility index (Phi) is 28.1. The number of nitrogens with one attached hydrogen (secondary N) is 5. The molecular weight excluding hydrogens is 831 g/mol. The fraction of sp³-hybridized carbons (Fsp3) is 0.676. The van der Waals surface area contributed by atoms with Crippen LogP contribution in [0.3, 0.4) is 0 Å². The van der Waals surface area contributed by atoms with Crippen molar-refractivity contribution in [3.05, 3.63) is 0 Å². The van der Waals surface area contributed by atoms with Crippen molar-refractivity contribution >= 4 is 77.9 Å². The van der Waals surface area contributed by atoms with Crippen molar-refractivity contribution in [3.8, 4) is 0 Å². The first-order valence-corrected chi connectivity index (χ1v) is 20.5. The molecule has 0 saturated carbocycles. The first kappa shape index (κ1) is 55.5. The van der Waals surface area contributed by atoms with E-state index in [0.717, 1.165) is 0 Å². The summed E-state index contributed by atoms with van der Waals surface area (Å²) in [6.45, 7) is 2.36. The SMILES string of the molecule is C[C@H](CCCN=C(N)N)C(=O)N[C@H](CCCN=C(N)N)C(=O)N[C@H](CCCN=C(N)N)C(=O)N[C@H](CCCN=C(N)N)C(=O)N[C@H](CCCN=C(N)N)C(=O)N[C@H](CS)C(N)=O. The van der Waals surface area contributed by atoms with Crippen molar-refractivity contribution in [2.45, 2.75) is 101 Å². The predicted molar refractivity (Wildman–Crippen MR) is 241 cm³/mol. The lowest BCUT2D eigenvalue weighted by Gasteiger charge is -2.27. The van der Waals surface area contributed by atoms with Gasteiger partial charge in [-0.1, -0.05) is 6.92 Å². The first-order valence-electron chi connectivity index (χ1n) is 19.9. The molecule has 0 aliphatic carbocycles. The summed E-state index contributed by atoms with van der Waals surface area (Å²) in [7, 11) is 0. The summed E-state index contributed by atoms with van der Waals surface area (Å²) in [6.07, 6.45) is 1.73. The number of guanidine groups is 5. The second-order valence-electron chi connectivity index (χ2n) is 14.0. The molecule has 27 nitrogen and oxygen atoms in total. The van der Waals surface area contributed by atoms with Crippen LogP contribution in [0.25, 0.3) is 0 Å². The standard InChI is InChI=1S/C34H69N21O6S/c1-18(7-2-12-46-30(36)37)25(57)51-19(8-3-13-47-31(38)39)26(58)52-20(9-4-14-48-32(40)41)27(59)53-21(10-5-15-49-33(42)43)28(60)54-22(11-6-16-50-34(44)45)29(61)55-23(17-62)24(35)56/h18-23,62H,2-17H2,1H3,(H2,35,56)(H,51,57)(H,52,58)(H,53,59)(H,54,60)(H,55,61)(H4,36,37,46)(H4,38,39,47)(H4,40,41,48)(H4,42,43,49)(H4,44,45,50)/t18-,19-,20-,21-,22-,23-/m1/s1. The molecule has 0 aliphatic heterocycles. The van der Waals surface area contributed by atoms with Gasteiger partial charge in [0.2, 0.25) is 35.4 Å². The average Bonchev–Trinajstić information content (AvgIpc) is 3.18. The number of hydrogen-bond acceptors (Lipinski definition) is 12. The molecule has 352 valence electrons. The molecule has 0 saturated heterocycles. The minimum absolute atomic E-state index is 0.00424. The van der Waals surface area contributed by atoms with Crippen LogP contribution in [0.5, 0.6) is 0 Å². The second-order valence-corrected chi connectivity index (χ2v) is 14.4. The molecule has 0 aromatic heterocycles. The van der Waals surface area contributed by atoms with Crippen molar-refractivity contribution in [3.63, 3.8) is 0 Å². The molecule has 0 rings (SSSR count). The van der Waals surface area contributed by atoms with Crippen molar-refractivity contribution in [2.75, 3.05) is 38.5 Å². The predicted octanol–water partition coefficient (Wildman–Crippen LogP) is -7.27. The van der Waals surface area contributed by atoms with Crippen molar-refractivity contribution in [1.82, 2.24) is 26.6 Å². The number of carbonyl (C=O) groups is 6. The Labute approximate surface area is 366 Å². The number of thiol groups is 1. The number of aliphatic imine (C=N–C) groups is 5. The van der Waals surface area contributed by atoms with E-state index in [9.17, 15) is 28.8 Å². The second kappa shape index (κ2) is 31.4. The fourth-order valence-electron chi connectivity index (χ4n) is 5.44. The monoisotopic (exact) mass is 900 g/mol.